The summed E-state index contributed by atoms with van der Waals surface area (Å²) >= 11 is 0. The van der Waals surface area contributed by atoms with Gasteiger partial charge < -0.3 is 14.2 Å². The van der Waals surface area contributed by atoms with Gasteiger partial charge in [-0.05, 0) is 103 Å². The van der Waals surface area contributed by atoms with Crippen molar-refractivity contribution >= 4 is 17.9 Å². The molecule has 1 unspecified atom stereocenters. The summed E-state index contributed by atoms with van der Waals surface area (Å²) in [7, 11) is 0. The van der Waals surface area contributed by atoms with Crippen LogP contribution >= 0.6 is 0 Å². The van der Waals surface area contributed by atoms with Crippen LogP contribution in [0.3, 0.4) is 0 Å². The number of ether oxygens (including phenoxy) is 3. The minimum absolute atomic E-state index is 0.0782. The number of carbonyl (C=O) groups is 3. The van der Waals surface area contributed by atoms with E-state index in [2.05, 4.69) is 81.5 Å². The van der Waals surface area contributed by atoms with E-state index in [9.17, 15) is 14.4 Å². The average molecular weight is 1010 g/mol. The SMILES string of the molecule is CCC/C=C\CCCCCCCC(=O)OCC(COC(=O)CCCCCCCCCCCCC/C=C\C/C=C\CCCCCCC)OC(=O)CCCCCCCCCCC/C=C\C/C=C\CCCCCCC. The summed E-state index contributed by atoms with van der Waals surface area (Å²) in [6.45, 7) is 6.58. The van der Waals surface area contributed by atoms with Crippen LogP contribution in [0.25, 0.3) is 0 Å². The van der Waals surface area contributed by atoms with Gasteiger partial charge in [0.15, 0.2) is 6.10 Å². The summed E-state index contributed by atoms with van der Waals surface area (Å²) in [5.74, 6) is -0.882. The van der Waals surface area contributed by atoms with Crippen LogP contribution in [0.5, 0.6) is 0 Å². The van der Waals surface area contributed by atoms with Gasteiger partial charge in [-0.1, -0.05) is 261 Å². The summed E-state index contributed by atoms with van der Waals surface area (Å²) in [5, 5.41) is 0. The smallest absolute Gasteiger partial charge is 0.306 e. The number of hydrogen-bond donors (Lipinski definition) is 0. The Morgan fingerprint density at radius 1 is 0.278 bits per heavy atom. The third kappa shape index (κ3) is 58.0. The fraction of sp³-hybridized carbons (Fsp3) is 0.803. The molecule has 0 aromatic carbocycles. The van der Waals surface area contributed by atoms with Crippen molar-refractivity contribution in [3.63, 3.8) is 0 Å². The van der Waals surface area contributed by atoms with Crippen molar-refractivity contribution in [1.29, 1.82) is 0 Å². The lowest BCUT2D eigenvalue weighted by molar-refractivity contribution is -0.167. The Kier molecular flexibility index (Phi) is 58.2. The van der Waals surface area contributed by atoms with Crippen LogP contribution in [0.2, 0.25) is 0 Å². The normalized spacial score (nSPS) is 12.4. The molecule has 0 saturated heterocycles. The average Bonchev–Trinajstić information content (AvgIpc) is 3.38. The second kappa shape index (κ2) is 60.7. The first-order chi connectivity index (χ1) is 35.5. The molecule has 0 bridgehead atoms. The molecule has 0 heterocycles. The van der Waals surface area contributed by atoms with Crippen molar-refractivity contribution in [1.82, 2.24) is 0 Å². The van der Waals surface area contributed by atoms with Gasteiger partial charge in [-0.25, -0.2) is 0 Å². The highest BCUT2D eigenvalue weighted by Crippen LogP contribution is 2.16. The summed E-state index contributed by atoms with van der Waals surface area (Å²) in [5.41, 5.74) is 0. The molecular weight excluding hydrogens is 889 g/mol. The lowest BCUT2D eigenvalue weighted by Crippen LogP contribution is -2.30. The molecule has 0 aliphatic heterocycles. The van der Waals surface area contributed by atoms with Crippen molar-refractivity contribution in [3.05, 3.63) is 60.8 Å². The molecule has 0 saturated carbocycles. The first-order valence-electron chi connectivity index (χ1n) is 31.3. The molecule has 0 N–H and O–H groups in total. The lowest BCUT2D eigenvalue weighted by atomic mass is 10.0. The monoisotopic (exact) mass is 1010 g/mol. The molecule has 72 heavy (non-hydrogen) atoms. The van der Waals surface area contributed by atoms with Gasteiger partial charge in [0.05, 0.1) is 0 Å². The molecule has 6 nitrogen and oxygen atoms in total. The van der Waals surface area contributed by atoms with Crippen molar-refractivity contribution in [3.8, 4) is 0 Å². The molecule has 0 aromatic heterocycles. The Labute approximate surface area is 447 Å². The summed E-state index contributed by atoms with van der Waals surface area (Å²) < 4.78 is 16.9. The van der Waals surface area contributed by atoms with Gasteiger partial charge >= 0.3 is 17.9 Å². The van der Waals surface area contributed by atoms with Crippen LogP contribution in [0.15, 0.2) is 60.8 Å². The van der Waals surface area contributed by atoms with E-state index in [1.165, 1.54) is 199 Å². The molecule has 1 atom stereocenters. The number of esters is 3. The van der Waals surface area contributed by atoms with Gasteiger partial charge in [0.1, 0.15) is 13.2 Å². The highest BCUT2D eigenvalue weighted by atomic mass is 16.6. The number of allylic oxidation sites excluding steroid dienone is 10. The highest BCUT2D eigenvalue weighted by molar-refractivity contribution is 5.71. The maximum atomic E-state index is 12.9. The van der Waals surface area contributed by atoms with E-state index in [-0.39, 0.29) is 31.1 Å². The van der Waals surface area contributed by atoms with Crippen molar-refractivity contribution in [2.75, 3.05) is 13.2 Å². The zero-order valence-electron chi connectivity index (χ0n) is 47.9. The molecule has 418 valence electrons. The zero-order valence-corrected chi connectivity index (χ0v) is 47.9. The van der Waals surface area contributed by atoms with Gasteiger partial charge in [-0.2, -0.15) is 0 Å². The number of unbranched alkanes of at least 4 members (excludes halogenated alkanes) is 36. The van der Waals surface area contributed by atoms with Crippen molar-refractivity contribution in [2.45, 2.75) is 329 Å². The molecule has 6 heteroatoms. The maximum Gasteiger partial charge on any atom is 0.306 e. The minimum Gasteiger partial charge on any atom is -0.462 e. The predicted molar refractivity (Wildman–Crippen MR) is 312 cm³/mol. The molecule has 0 rings (SSSR count). The van der Waals surface area contributed by atoms with Gasteiger partial charge in [0.2, 0.25) is 0 Å². The van der Waals surface area contributed by atoms with E-state index >= 15 is 0 Å². The highest BCUT2D eigenvalue weighted by Gasteiger charge is 2.19. The van der Waals surface area contributed by atoms with Gasteiger partial charge in [-0.15, -0.1) is 0 Å². The molecule has 0 aliphatic rings. The third-order valence-electron chi connectivity index (χ3n) is 13.7. The molecule has 0 spiro atoms. The second-order valence-corrected chi connectivity index (χ2v) is 21.0. The largest absolute Gasteiger partial charge is 0.462 e. The van der Waals surface area contributed by atoms with Gasteiger partial charge in [-0.3, -0.25) is 14.4 Å². The molecule has 0 radical (unpaired) electrons. The van der Waals surface area contributed by atoms with E-state index in [1.54, 1.807) is 0 Å². The number of rotatable bonds is 57. The van der Waals surface area contributed by atoms with E-state index in [4.69, 9.17) is 14.2 Å². The van der Waals surface area contributed by atoms with Crippen LogP contribution in [-0.2, 0) is 28.6 Å². The summed E-state index contributed by atoms with van der Waals surface area (Å²) in [6, 6.07) is 0. The predicted octanol–water partition coefficient (Wildman–Crippen LogP) is 21.2. The van der Waals surface area contributed by atoms with Crippen LogP contribution in [0, 0.1) is 0 Å². The Bertz CT molecular complexity index is 1290. The number of hydrogen-bond acceptors (Lipinski definition) is 6. The lowest BCUT2D eigenvalue weighted by Gasteiger charge is -2.18. The standard InChI is InChI=1S/C66H118O6/c1-4-7-10-13-16-19-22-24-26-28-30-32-33-35-36-38-40-42-44-47-50-53-56-59-65(68)71-62-63(61-70-64(67)58-55-52-49-46-21-18-15-12-9-6-3)72-66(69)60-57-54-51-48-45-43-41-39-37-34-31-29-27-25-23-20-17-14-11-8-5-2/h12,15,22-25,28-31,63H,4-11,13-14,16-21,26-27,32-62H2,1-3H3/b15-12-,24-22-,25-23-,30-28-,31-29-. The molecular formula is C66H118O6. The van der Waals surface area contributed by atoms with Crippen LogP contribution < -0.4 is 0 Å². The minimum atomic E-state index is -0.780. The topological polar surface area (TPSA) is 78.9 Å². The van der Waals surface area contributed by atoms with E-state index in [0.29, 0.717) is 19.3 Å². The number of carbonyl (C=O) groups excluding carboxylic acids is 3. The van der Waals surface area contributed by atoms with E-state index in [0.717, 1.165) is 83.5 Å². The van der Waals surface area contributed by atoms with Crippen molar-refractivity contribution < 1.29 is 28.6 Å². The van der Waals surface area contributed by atoms with E-state index in [1.807, 2.05) is 0 Å². The Hall–Kier alpha value is -2.89. The van der Waals surface area contributed by atoms with Gasteiger partial charge in [0, 0.05) is 19.3 Å². The van der Waals surface area contributed by atoms with E-state index < -0.39 is 6.10 Å². The molecule has 0 fully saturated rings. The van der Waals surface area contributed by atoms with Crippen molar-refractivity contribution in [2.24, 2.45) is 0 Å². The molecule has 0 aromatic rings. The Morgan fingerprint density at radius 3 is 0.833 bits per heavy atom. The summed E-state index contributed by atoms with van der Waals surface area (Å²) in [4.78, 5) is 38.2. The Balaban J connectivity index is 4.25. The zero-order chi connectivity index (χ0) is 52.2. The fourth-order valence-electron chi connectivity index (χ4n) is 8.98. The maximum absolute atomic E-state index is 12.9. The van der Waals surface area contributed by atoms with Crippen LogP contribution in [0.4, 0.5) is 0 Å². The second-order valence-electron chi connectivity index (χ2n) is 21.0. The molecule has 0 aliphatic carbocycles. The summed E-state index contributed by atoms with van der Waals surface area (Å²) in [6.07, 6.45) is 76.6. The quantitative estimate of drug-likeness (QED) is 0.0261. The van der Waals surface area contributed by atoms with Crippen LogP contribution in [0.1, 0.15) is 323 Å². The fourth-order valence-corrected chi connectivity index (χ4v) is 8.98. The van der Waals surface area contributed by atoms with Crippen LogP contribution in [-0.4, -0.2) is 37.2 Å². The first-order valence-corrected chi connectivity index (χ1v) is 31.3. The molecule has 0 amide bonds. The van der Waals surface area contributed by atoms with Gasteiger partial charge in [0.25, 0.3) is 0 Å². The Morgan fingerprint density at radius 2 is 0.528 bits per heavy atom. The first kappa shape index (κ1) is 69.1. The third-order valence-corrected chi connectivity index (χ3v) is 13.7.